The minimum atomic E-state index is 0.804. The summed E-state index contributed by atoms with van der Waals surface area (Å²) in [6, 6.07) is 0. The molecule has 2 nitrogen and oxygen atoms in total. The number of nitrogens with one attached hydrogen (secondary N) is 1. The molecule has 0 saturated heterocycles. The van der Waals surface area contributed by atoms with Crippen LogP contribution in [-0.2, 0) is 0 Å². The van der Waals surface area contributed by atoms with Crippen molar-refractivity contribution in [3.63, 3.8) is 0 Å². The number of rotatable bonds is 7. The van der Waals surface area contributed by atoms with Crippen LogP contribution in [0.5, 0.6) is 0 Å². The number of nitrogens with zero attached hydrogens (tertiary/aromatic N) is 1. The lowest BCUT2D eigenvalue weighted by Crippen LogP contribution is -2.30. The Morgan fingerprint density at radius 3 is 2.75 bits per heavy atom. The average Bonchev–Trinajstić information content (AvgIpc) is 2.05. The van der Waals surface area contributed by atoms with Gasteiger partial charge in [-0.3, -0.25) is 0 Å². The predicted molar refractivity (Wildman–Crippen MR) is 55.2 cm³/mol. The zero-order valence-corrected chi connectivity index (χ0v) is 8.64. The van der Waals surface area contributed by atoms with Crippen molar-refractivity contribution >= 4 is 0 Å². The highest BCUT2D eigenvalue weighted by atomic mass is 15.1. The van der Waals surface area contributed by atoms with Crippen LogP contribution < -0.4 is 5.32 Å². The van der Waals surface area contributed by atoms with Crippen LogP contribution in [0, 0.1) is 5.92 Å². The van der Waals surface area contributed by atoms with E-state index in [1.165, 1.54) is 13.0 Å². The van der Waals surface area contributed by atoms with E-state index >= 15 is 0 Å². The van der Waals surface area contributed by atoms with Gasteiger partial charge >= 0.3 is 0 Å². The van der Waals surface area contributed by atoms with Crippen LogP contribution in [0.3, 0.4) is 0 Å². The van der Waals surface area contributed by atoms with Crippen molar-refractivity contribution in [2.24, 2.45) is 5.92 Å². The van der Waals surface area contributed by atoms with Crippen LogP contribution in [0.15, 0.2) is 12.8 Å². The summed E-state index contributed by atoms with van der Waals surface area (Å²) in [6.45, 7) is 11.4. The van der Waals surface area contributed by atoms with E-state index in [0.717, 1.165) is 19.0 Å². The lowest BCUT2D eigenvalue weighted by molar-refractivity contribution is 0.285. The van der Waals surface area contributed by atoms with Crippen LogP contribution >= 0.6 is 0 Å². The topological polar surface area (TPSA) is 15.3 Å². The Morgan fingerprint density at radius 2 is 2.25 bits per heavy atom. The molecule has 0 amide bonds. The van der Waals surface area contributed by atoms with Gasteiger partial charge in [-0.1, -0.05) is 26.8 Å². The summed E-state index contributed by atoms with van der Waals surface area (Å²) < 4.78 is 0. The van der Waals surface area contributed by atoms with E-state index in [4.69, 9.17) is 0 Å². The van der Waals surface area contributed by atoms with Gasteiger partial charge in [-0.25, -0.2) is 0 Å². The Bertz CT molecular complexity index is 112. The Balaban J connectivity index is 3.32. The van der Waals surface area contributed by atoms with Crippen LogP contribution in [0.2, 0.25) is 0 Å². The first-order valence-corrected chi connectivity index (χ1v) is 4.73. The Hall–Kier alpha value is -0.500. The molecule has 1 atom stereocenters. The third kappa shape index (κ3) is 6.23. The number of likely N-dealkylation sites (N-methyl/N-ethyl adjacent to an activating group) is 1. The molecule has 2 heteroatoms. The molecular formula is C10H22N2. The summed E-state index contributed by atoms with van der Waals surface area (Å²) in [5.74, 6) is 0.804. The zero-order valence-electron chi connectivity index (χ0n) is 8.64. The average molecular weight is 170 g/mol. The maximum atomic E-state index is 3.61. The van der Waals surface area contributed by atoms with Crippen molar-refractivity contribution in [1.29, 1.82) is 0 Å². The van der Waals surface area contributed by atoms with Crippen molar-refractivity contribution in [3.8, 4) is 0 Å². The summed E-state index contributed by atoms with van der Waals surface area (Å²) in [4.78, 5) is 2.35. The fourth-order valence-corrected chi connectivity index (χ4v) is 1.11. The van der Waals surface area contributed by atoms with Gasteiger partial charge in [-0.2, -0.15) is 0 Å². The lowest BCUT2D eigenvalue weighted by Gasteiger charge is -2.20. The Morgan fingerprint density at radius 1 is 1.58 bits per heavy atom. The van der Waals surface area contributed by atoms with E-state index < -0.39 is 0 Å². The fraction of sp³-hybridized carbons (Fsp3) is 0.800. The molecule has 0 aliphatic carbocycles. The van der Waals surface area contributed by atoms with E-state index in [9.17, 15) is 0 Å². The molecule has 0 radical (unpaired) electrons. The third-order valence-electron chi connectivity index (χ3n) is 2.10. The van der Waals surface area contributed by atoms with E-state index in [1.54, 1.807) is 6.20 Å². The van der Waals surface area contributed by atoms with Gasteiger partial charge in [0.15, 0.2) is 0 Å². The first-order chi connectivity index (χ1) is 5.70. The summed E-state index contributed by atoms with van der Waals surface area (Å²) >= 11 is 0. The van der Waals surface area contributed by atoms with Crippen LogP contribution in [0.4, 0.5) is 0 Å². The monoisotopic (exact) mass is 170 g/mol. The molecule has 0 fully saturated rings. The number of hydrogen-bond acceptors (Lipinski definition) is 2. The van der Waals surface area contributed by atoms with Crippen LogP contribution in [-0.4, -0.2) is 31.6 Å². The summed E-state index contributed by atoms with van der Waals surface area (Å²) in [5, 5.41) is 3.09. The lowest BCUT2D eigenvalue weighted by atomic mass is 10.1. The smallest absolute Gasteiger partial charge is 0.0269 e. The van der Waals surface area contributed by atoms with E-state index in [2.05, 4.69) is 37.7 Å². The second-order valence-corrected chi connectivity index (χ2v) is 3.43. The van der Waals surface area contributed by atoms with Crippen molar-refractivity contribution in [2.45, 2.75) is 20.3 Å². The van der Waals surface area contributed by atoms with Gasteiger partial charge < -0.3 is 10.2 Å². The number of hydrogen-bond donors (Lipinski definition) is 1. The highest BCUT2D eigenvalue weighted by molar-refractivity contribution is 4.65. The van der Waals surface area contributed by atoms with Crippen molar-refractivity contribution in [1.82, 2.24) is 10.2 Å². The summed E-state index contributed by atoms with van der Waals surface area (Å²) in [7, 11) is 2.16. The predicted octanol–water partition coefficient (Wildman–Crippen LogP) is 1.70. The van der Waals surface area contributed by atoms with E-state index in [1.807, 2.05) is 0 Å². The molecule has 1 unspecified atom stereocenters. The SMILES string of the molecule is C=CNCCN(C)CC(C)CC. The second-order valence-electron chi connectivity index (χ2n) is 3.43. The van der Waals surface area contributed by atoms with Crippen molar-refractivity contribution in [3.05, 3.63) is 12.8 Å². The molecule has 1 N–H and O–H groups in total. The third-order valence-corrected chi connectivity index (χ3v) is 2.10. The molecule has 72 valence electrons. The largest absolute Gasteiger partial charge is 0.390 e. The van der Waals surface area contributed by atoms with E-state index in [-0.39, 0.29) is 0 Å². The Kier molecular flexibility index (Phi) is 6.87. The first kappa shape index (κ1) is 11.5. The molecule has 0 heterocycles. The van der Waals surface area contributed by atoms with Crippen LogP contribution in [0.1, 0.15) is 20.3 Å². The van der Waals surface area contributed by atoms with Gasteiger partial charge in [-0.15, -0.1) is 0 Å². The van der Waals surface area contributed by atoms with Gasteiger partial charge in [-0.05, 0) is 19.2 Å². The quantitative estimate of drug-likeness (QED) is 0.585. The van der Waals surface area contributed by atoms with Gasteiger partial charge in [0, 0.05) is 19.6 Å². The Labute approximate surface area is 76.6 Å². The van der Waals surface area contributed by atoms with Crippen LogP contribution in [0.25, 0.3) is 0 Å². The molecular weight excluding hydrogens is 148 g/mol. The minimum absolute atomic E-state index is 0.804. The first-order valence-electron chi connectivity index (χ1n) is 4.73. The zero-order chi connectivity index (χ0) is 9.40. The van der Waals surface area contributed by atoms with E-state index in [0.29, 0.717) is 0 Å². The highest BCUT2D eigenvalue weighted by Gasteiger charge is 2.02. The molecule has 0 aliphatic heterocycles. The fourth-order valence-electron chi connectivity index (χ4n) is 1.11. The molecule has 0 aromatic heterocycles. The molecule has 0 bridgehead atoms. The molecule has 0 spiro atoms. The summed E-state index contributed by atoms with van der Waals surface area (Å²) in [6.07, 6.45) is 3.01. The van der Waals surface area contributed by atoms with Crippen molar-refractivity contribution in [2.75, 3.05) is 26.7 Å². The van der Waals surface area contributed by atoms with Gasteiger partial charge in [0.05, 0.1) is 0 Å². The maximum absolute atomic E-state index is 3.61. The minimum Gasteiger partial charge on any atom is -0.390 e. The second kappa shape index (κ2) is 7.17. The molecule has 0 aromatic carbocycles. The summed E-state index contributed by atoms with van der Waals surface area (Å²) in [5.41, 5.74) is 0. The maximum Gasteiger partial charge on any atom is 0.0269 e. The highest BCUT2D eigenvalue weighted by Crippen LogP contribution is 2.01. The molecule has 0 aromatic rings. The molecule has 0 saturated carbocycles. The normalized spacial score (nSPS) is 13.0. The molecule has 0 aliphatic rings. The molecule has 0 rings (SSSR count). The molecule has 12 heavy (non-hydrogen) atoms. The van der Waals surface area contributed by atoms with Gasteiger partial charge in [0.25, 0.3) is 0 Å². The van der Waals surface area contributed by atoms with Gasteiger partial charge in [0.2, 0.25) is 0 Å². The van der Waals surface area contributed by atoms with Gasteiger partial charge in [0.1, 0.15) is 0 Å². The van der Waals surface area contributed by atoms with Crippen molar-refractivity contribution < 1.29 is 0 Å². The standard InChI is InChI=1S/C10H22N2/c1-5-10(3)9-12(4)8-7-11-6-2/h6,10-11H,2,5,7-9H2,1,3-4H3.